The number of carbonyl (C=O) groups is 3. The summed E-state index contributed by atoms with van der Waals surface area (Å²) in [6, 6.07) is 11.8. The summed E-state index contributed by atoms with van der Waals surface area (Å²) in [7, 11) is 4.51. The van der Waals surface area contributed by atoms with Gasteiger partial charge in [0, 0.05) is 31.2 Å². The lowest BCUT2D eigenvalue weighted by atomic mass is 10.0. The van der Waals surface area contributed by atoms with Crippen LogP contribution in [0, 0.1) is 5.92 Å². The molecular weight excluding hydrogens is 474 g/mol. The van der Waals surface area contributed by atoms with E-state index < -0.39 is 6.04 Å². The molecule has 2 atom stereocenters. The van der Waals surface area contributed by atoms with Crippen LogP contribution in [0.2, 0.25) is 0 Å². The van der Waals surface area contributed by atoms with Crippen molar-refractivity contribution >= 4 is 17.7 Å². The number of nitrogens with zero attached hydrogens (tertiary/aromatic N) is 2. The molecule has 0 aliphatic carbocycles. The van der Waals surface area contributed by atoms with Crippen molar-refractivity contribution in [1.29, 1.82) is 0 Å². The Labute approximate surface area is 218 Å². The molecule has 1 aliphatic heterocycles. The zero-order valence-corrected chi connectivity index (χ0v) is 22.4. The van der Waals surface area contributed by atoms with E-state index in [0.717, 1.165) is 5.56 Å². The number of nitrogens with one attached hydrogen (secondary N) is 1. The summed E-state index contributed by atoms with van der Waals surface area (Å²) in [5.74, 6) is 0.622. The zero-order chi connectivity index (χ0) is 27.1. The number of benzene rings is 2. The molecule has 3 amide bonds. The summed E-state index contributed by atoms with van der Waals surface area (Å²) in [5, 5.41) is 2.92. The fourth-order valence-corrected chi connectivity index (χ4v) is 4.55. The summed E-state index contributed by atoms with van der Waals surface area (Å²) in [5.41, 5.74) is 1.30. The Bertz CT molecular complexity index is 1080. The number of piperazine rings is 1. The van der Waals surface area contributed by atoms with Gasteiger partial charge in [0.2, 0.25) is 17.6 Å². The molecule has 2 aromatic carbocycles. The van der Waals surface area contributed by atoms with Crippen LogP contribution in [0.4, 0.5) is 0 Å². The Morgan fingerprint density at radius 2 is 1.59 bits per heavy atom. The van der Waals surface area contributed by atoms with E-state index in [1.165, 1.54) is 21.3 Å². The molecule has 0 spiro atoms. The van der Waals surface area contributed by atoms with Crippen LogP contribution in [0.3, 0.4) is 0 Å². The van der Waals surface area contributed by atoms with E-state index >= 15 is 0 Å². The quantitative estimate of drug-likeness (QED) is 0.556. The molecule has 200 valence electrons. The smallest absolute Gasteiger partial charge is 0.254 e. The van der Waals surface area contributed by atoms with Crippen LogP contribution in [0.25, 0.3) is 0 Å². The van der Waals surface area contributed by atoms with Crippen LogP contribution in [0.5, 0.6) is 17.2 Å². The molecule has 1 aliphatic rings. The maximum absolute atomic E-state index is 13.4. The summed E-state index contributed by atoms with van der Waals surface area (Å²) < 4.78 is 16.1. The Balaban J connectivity index is 1.68. The van der Waals surface area contributed by atoms with Crippen molar-refractivity contribution in [1.82, 2.24) is 15.1 Å². The van der Waals surface area contributed by atoms with Gasteiger partial charge in [-0.2, -0.15) is 0 Å². The SMILES string of the molecule is COc1cc(C(=O)N2CCN(C(=O)C(NC(=O)Cc3ccccc3)C(C)C)CC2C)cc(OC)c1OC. The molecule has 9 nitrogen and oxygen atoms in total. The number of methoxy groups -OCH3 is 3. The van der Waals surface area contributed by atoms with Gasteiger partial charge >= 0.3 is 0 Å². The molecule has 0 aromatic heterocycles. The van der Waals surface area contributed by atoms with E-state index in [2.05, 4.69) is 5.32 Å². The van der Waals surface area contributed by atoms with Gasteiger partial charge in [0.15, 0.2) is 11.5 Å². The Kier molecular flexibility index (Phi) is 9.38. The molecule has 2 aromatic rings. The van der Waals surface area contributed by atoms with E-state index in [1.54, 1.807) is 21.9 Å². The number of hydrogen-bond acceptors (Lipinski definition) is 6. The van der Waals surface area contributed by atoms with E-state index in [9.17, 15) is 14.4 Å². The van der Waals surface area contributed by atoms with Gasteiger partial charge in [-0.3, -0.25) is 14.4 Å². The number of hydrogen-bond donors (Lipinski definition) is 1. The summed E-state index contributed by atoms with van der Waals surface area (Å²) in [6.07, 6.45) is 0.213. The largest absolute Gasteiger partial charge is 0.493 e. The highest BCUT2D eigenvalue weighted by atomic mass is 16.5. The molecular formula is C28H37N3O6. The third-order valence-corrected chi connectivity index (χ3v) is 6.57. The van der Waals surface area contributed by atoms with Crippen molar-refractivity contribution in [3.8, 4) is 17.2 Å². The maximum atomic E-state index is 13.4. The van der Waals surface area contributed by atoms with Crippen LogP contribution in [-0.4, -0.2) is 80.6 Å². The van der Waals surface area contributed by atoms with Crippen molar-refractivity contribution in [2.45, 2.75) is 39.3 Å². The summed E-state index contributed by atoms with van der Waals surface area (Å²) >= 11 is 0. The predicted octanol–water partition coefficient (Wildman–Crippen LogP) is 2.77. The first kappa shape index (κ1) is 27.8. The van der Waals surface area contributed by atoms with Gasteiger partial charge in [-0.15, -0.1) is 0 Å². The molecule has 1 heterocycles. The average molecular weight is 512 g/mol. The summed E-state index contributed by atoms with van der Waals surface area (Å²) in [4.78, 5) is 43.0. The molecule has 9 heteroatoms. The first-order valence-electron chi connectivity index (χ1n) is 12.4. The Morgan fingerprint density at radius 1 is 0.973 bits per heavy atom. The highest BCUT2D eigenvalue weighted by Gasteiger charge is 2.35. The van der Waals surface area contributed by atoms with Crippen molar-refractivity contribution in [2.24, 2.45) is 5.92 Å². The molecule has 1 saturated heterocycles. The number of carbonyl (C=O) groups excluding carboxylic acids is 3. The number of rotatable bonds is 9. The first-order chi connectivity index (χ1) is 17.7. The number of amides is 3. The fraction of sp³-hybridized carbons (Fsp3) is 0.464. The Morgan fingerprint density at radius 3 is 2.11 bits per heavy atom. The molecule has 0 radical (unpaired) electrons. The van der Waals surface area contributed by atoms with Gasteiger partial charge in [-0.1, -0.05) is 44.2 Å². The minimum Gasteiger partial charge on any atom is -0.493 e. The molecule has 3 rings (SSSR count). The van der Waals surface area contributed by atoms with E-state index in [4.69, 9.17) is 14.2 Å². The molecule has 1 N–H and O–H groups in total. The average Bonchev–Trinajstić information content (AvgIpc) is 2.90. The minimum atomic E-state index is -0.638. The zero-order valence-electron chi connectivity index (χ0n) is 22.4. The second-order valence-electron chi connectivity index (χ2n) is 9.50. The van der Waals surface area contributed by atoms with Crippen LogP contribution >= 0.6 is 0 Å². The highest BCUT2D eigenvalue weighted by molar-refractivity contribution is 5.96. The van der Waals surface area contributed by atoms with E-state index in [-0.39, 0.29) is 36.1 Å². The minimum absolute atomic E-state index is 0.0820. The van der Waals surface area contributed by atoms with Gasteiger partial charge in [0.05, 0.1) is 27.8 Å². The molecule has 0 saturated carbocycles. The second-order valence-corrected chi connectivity index (χ2v) is 9.50. The molecule has 0 bridgehead atoms. The topological polar surface area (TPSA) is 97.4 Å². The van der Waals surface area contributed by atoms with E-state index in [1.807, 2.05) is 51.1 Å². The monoisotopic (exact) mass is 511 g/mol. The molecule has 37 heavy (non-hydrogen) atoms. The van der Waals surface area contributed by atoms with Gasteiger partial charge in [-0.25, -0.2) is 0 Å². The lowest BCUT2D eigenvalue weighted by molar-refractivity contribution is -0.139. The van der Waals surface area contributed by atoms with Gasteiger partial charge < -0.3 is 29.3 Å². The Hall–Kier alpha value is -3.75. The van der Waals surface area contributed by atoms with Crippen LogP contribution in [0.15, 0.2) is 42.5 Å². The van der Waals surface area contributed by atoms with Gasteiger partial charge in [0.1, 0.15) is 6.04 Å². The third-order valence-electron chi connectivity index (χ3n) is 6.57. The standard InChI is InChI=1S/C28H37N3O6/c1-18(2)25(29-24(32)14-20-10-8-7-9-11-20)28(34)30-12-13-31(19(3)17-30)27(33)21-15-22(35-4)26(37-6)23(16-21)36-5/h7-11,15-16,18-19,25H,12-14,17H2,1-6H3,(H,29,32). The van der Waals surface area contributed by atoms with Crippen molar-refractivity contribution in [3.05, 3.63) is 53.6 Å². The third kappa shape index (κ3) is 6.53. The van der Waals surface area contributed by atoms with Crippen molar-refractivity contribution in [2.75, 3.05) is 41.0 Å². The lowest BCUT2D eigenvalue weighted by Gasteiger charge is -2.41. The van der Waals surface area contributed by atoms with Crippen LogP contribution in [0.1, 0.15) is 36.7 Å². The van der Waals surface area contributed by atoms with Crippen LogP contribution < -0.4 is 19.5 Å². The molecule has 2 unspecified atom stereocenters. The summed E-state index contributed by atoms with van der Waals surface area (Å²) in [6.45, 7) is 6.85. The number of ether oxygens (including phenoxy) is 3. The van der Waals surface area contributed by atoms with Gasteiger partial charge in [0.25, 0.3) is 5.91 Å². The van der Waals surface area contributed by atoms with Crippen molar-refractivity contribution < 1.29 is 28.6 Å². The fourth-order valence-electron chi connectivity index (χ4n) is 4.55. The normalized spacial score (nSPS) is 16.2. The maximum Gasteiger partial charge on any atom is 0.254 e. The second kappa shape index (κ2) is 12.5. The lowest BCUT2D eigenvalue weighted by Crippen LogP contribution is -2.60. The van der Waals surface area contributed by atoms with Crippen LogP contribution in [-0.2, 0) is 16.0 Å². The van der Waals surface area contributed by atoms with Crippen molar-refractivity contribution in [3.63, 3.8) is 0 Å². The van der Waals surface area contributed by atoms with Gasteiger partial charge in [-0.05, 0) is 30.5 Å². The predicted molar refractivity (Wildman–Crippen MR) is 140 cm³/mol. The molecule has 1 fully saturated rings. The van der Waals surface area contributed by atoms with E-state index in [0.29, 0.717) is 42.4 Å². The highest BCUT2D eigenvalue weighted by Crippen LogP contribution is 2.38. The first-order valence-corrected chi connectivity index (χ1v) is 12.4.